The van der Waals surface area contributed by atoms with E-state index in [1.165, 1.54) is 44.9 Å². The summed E-state index contributed by atoms with van der Waals surface area (Å²) in [6, 6.07) is 0. The van der Waals surface area contributed by atoms with Crippen LogP contribution in [0, 0.1) is 5.92 Å². The first-order chi connectivity index (χ1) is 9.63. The van der Waals surface area contributed by atoms with E-state index in [4.69, 9.17) is 9.05 Å². The molecule has 0 bridgehead atoms. The lowest BCUT2D eigenvalue weighted by atomic mass is 10.0. The molecule has 0 rings (SSSR count). The molecule has 0 aromatic rings. The van der Waals surface area contributed by atoms with Crippen molar-refractivity contribution in [2.24, 2.45) is 5.92 Å². The van der Waals surface area contributed by atoms with E-state index in [1.807, 2.05) is 6.92 Å². The second kappa shape index (κ2) is 14.3. The minimum atomic E-state index is -1.70. The summed E-state index contributed by atoms with van der Waals surface area (Å²) >= 11 is 0. The third kappa shape index (κ3) is 12.1. The standard InChI is InChI=1S/C16H35O3P/c1-5-8-10-11-12-15(4)19-20(17)18-14-16(7-3)13-9-6-2/h15-17H,5-14H2,1-4H3. The predicted molar refractivity (Wildman–Crippen MR) is 87.7 cm³/mol. The van der Waals surface area contributed by atoms with Gasteiger partial charge in [-0.1, -0.05) is 65.7 Å². The Balaban J connectivity index is 3.66. The van der Waals surface area contributed by atoms with Crippen LogP contribution >= 0.6 is 8.60 Å². The quantitative estimate of drug-likeness (QED) is 0.325. The van der Waals surface area contributed by atoms with E-state index in [2.05, 4.69) is 20.8 Å². The number of rotatable bonds is 14. The molecular formula is C16H35O3P. The summed E-state index contributed by atoms with van der Waals surface area (Å²) in [6.45, 7) is 9.25. The van der Waals surface area contributed by atoms with E-state index in [1.54, 1.807) is 0 Å². The van der Waals surface area contributed by atoms with Crippen LogP contribution in [0.25, 0.3) is 0 Å². The number of hydrogen-bond acceptors (Lipinski definition) is 3. The SMILES string of the molecule is CCCCCCC(C)OP(O)OCC(CC)CCCC. The smallest absolute Gasteiger partial charge is 0.328 e. The Kier molecular flexibility index (Phi) is 14.5. The summed E-state index contributed by atoms with van der Waals surface area (Å²) in [7, 11) is -1.70. The van der Waals surface area contributed by atoms with E-state index in [-0.39, 0.29) is 6.10 Å². The fourth-order valence-corrected chi connectivity index (χ4v) is 2.98. The van der Waals surface area contributed by atoms with Gasteiger partial charge in [0.25, 0.3) is 0 Å². The van der Waals surface area contributed by atoms with Gasteiger partial charge in [0, 0.05) is 0 Å². The highest BCUT2D eigenvalue weighted by Gasteiger charge is 2.15. The molecule has 122 valence electrons. The van der Waals surface area contributed by atoms with Gasteiger partial charge in [-0.25, -0.2) is 0 Å². The van der Waals surface area contributed by atoms with Crippen molar-refractivity contribution in [1.29, 1.82) is 0 Å². The van der Waals surface area contributed by atoms with Gasteiger partial charge in [0.05, 0.1) is 12.7 Å². The first-order valence-corrected chi connectivity index (χ1v) is 9.55. The molecule has 3 atom stereocenters. The lowest BCUT2D eigenvalue weighted by Crippen LogP contribution is -2.10. The van der Waals surface area contributed by atoms with Crippen LogP contribution < -0.4 is 0 Å². The topological polar surface area (TPSA) is 38.7 Å². The summed E-state index contributed by atoms with van der Waals surface area (Å²) < 4.78 is 11.0. The van der Waals surface area contributed by atoms with E-state index >= 15 is 0 Å². The third-order valence-corrected chi connectivity index (χ3v) is 4.61. The van der Waals surface area contributed by atoms with Gasteiger partial charge in [0.2, 0.25) is 0 Å². The van der Waals surface area contributed by atoms with E-state index in [0.717, 1.165) is 12.8 Å². The van der Waals surface area contributed by atoms with Crippen LogP contribution in [0.4, 0.5) is 0 Å². The summed E-state index contributed by atoms with van der Waals surface area (Å²) in [5, 5.41) is 0. The zero-order valence-electron chi connectivity index (χ0n) is 13.9. The fourth-order valence-electron chi connectivity index (χ4n) is 2.16. The molecular weight excluding hydrogens is 271 g/mol. The van der Waals surface area contributed by atoms with Gasteiger partial charge in [-0.15, -0.1) is 0 Å². The summed E-state index contributed by atoms with van der Waals surface area (Å²) in [4.78, 5) is 9.81. The van der Waals surface area contributed by atoms with Crippen molar-refractivity contribution in [1.82, 2.24) is 0 Å². The van der Waals surface area contributed by atoms with E-state index < -0.39 is 8.60 Å². The lowest BCUT2D eigenvalue weighted by molar-refractivity contribution is 0.130. The Hall–Kier alpha value is 0.310. The first-order valence-electron chi connectivity index (χ1n) is 8.42. The molecule has 0 aromatic carbocycles. The first kappa shape index (κ1) is 20.3. The molecule has 0 saturated carbocycles. The van der Waals surface area contributed by atoms with E-state index in [0.29, 0.717) is 12.5 Å². The summed E-state index contributed by atoms with van der Waals surface area (Å²) in [6.07, 6.45) is 10.8. The molecule has 20 heavy (non-hydrogen) atoms. The minimum Gasteiger partial charge on any atom is -0.328 e. The highest BCUT2D eigenvalue weighted by Crippen LogP contribution is 2.36. The molecule has 0 aliphatic carbocycles. The third-order valence-electron chi connectivity index (χ3n) is 3.70. The average Bonchev–Trinajstić information content (AvgIpc) is 2.44. The maximum absolute atomic E-state index is 9.81. The van der Waals surface area contributed by atoms with Gasteiger partial charge in [0.1, 0.15) is 0 Å². The predicted octanol–water partition coefficient (Wildman–Crippen LogP) is 5.81. The monoisotopic (exact) mass is 306 g/mol. The van der Waals surface area contributed by atoms with Crippen molar-refractivity contribution in [3.05, 3.63) is 0 Å². The molecule has 0 aliphatic rings. The van der Waals surface area contributed by atoms with Crippen LogP contribution in [-0.2, 0) is 9.05 Å². The Morgan fingerprint density at radius 2 is 1.65 bits per heavy atom. The van der Waals surface area contributed by atoms with Gasteiger partial charge in [0.15, 0.2) is 0 Å². The van der Waals surface area contributed by atoms with Gasteiger partial charge >= 0.3 is 8.60 Å². The van der Waals surface area contributed by atoms with Gasteiger partial charge in [-0.05, 0) is 25.7 Å². The van der Waals surface area contributed by atoms with Crippen LogP contribution in [0.1, 0.15) is 85.5 Å². The number of unbranched alkanes of at least 4 members (excludes halogenated alkanes) is 4. The van der Waals surface area contributed by atoms with E-state index in [9.17, 15) is 4.89 Å². The normalized spacial score (nSPS) is 16.1. The fraction of sp³-hybridized carbons (Fsp3) is 1.00. The van der Waals surface area contributed by atoms with Crippen LogP contribution in [-0.4, -0.2) is 17.6 Å². The molecule has 4 heteroatoms. The maximum Gasteiger partial charge on any atom is 0.330 e. The van der Waals surface area contributed by atoms with Gasteiger partial charge < -0.3 is 13.9 Å². The van der Waals surface area contributed by atoms with Gasteiger partial charge in [-0.3, -0.25) is 0 Å². The molecule has 0 heterocycles. The molecule has 0 aliphatic heterocycles. The van der Waals surface area contributed by atoms with Gasteiger partial charge in [-0.2, -0.15) is 0 Å². The van der Waals surface area contributed by atoms with Crippen molar-refractivity contribution in [3.63, 3.8) is 0 Å². The Labute approximate surface area is 127 Å². The van der Waals surface area contributed by atoms with Crippen LogP contribution in [0.5, 0.6) is 0 Å². The van der Waals surface area contributed by atoms with Crippen molar-refractivity contribution in [2.75, 3.05) is 6.61 Å². The van der Waals surface area contributed by atoms with Crippen LogP contribution in [0.2, 0.25) is 0 Å². The van der Waals surface area contributed by atoms with Crippen molar-refractivity contribution in [2.45, 2.75) is 91.6 Å². The molecule has 0 fully saturated rings. The molecule has 0 radical (unpaired) electrons. The minimum absolute atomic E-state index is 0.0960. The van der Waals surface area contributed by atoms with Crippen molar-refractivity contribution in [3.8, 4) is 0 Å². The molecule has 0 saturated heterocycles. The average molecular weight is 306 g/mol. The Morgan fingerprint density at radius 1 is 0.950 bits per heavy atom. The molecule has 0 amide bonds. The molecule has 0 spiro atoms. The van der Waals surface area contributed by atoms with Crippen molar-refractivity contribution >= 4 is 8.60 Å². The Bertz CT molecular complexity index is 202. The Morgan fingerprint density at radius 3 is 2.25 bits per heavy atom. The van der Waals surface area contributed by atoms with Crippen molar-refractivity contribution < 1.29 is 13.9 Å². The second-order valence-corrected chi connectivity index (χ2v) is 6.66. The second-order valence-electron chi connectivity index (χ2n) is 5.72. The largest absolute Gasteiger partial charge is 0.330 e. The highest BCUT2D eigenvalue weighted by molar-refractivity contribution is 7.40. The molecule has 3 nitrogen and oxygen atoms in total. The van der Waals surface area contributed by atoms with Crippen LogP contribution in [0.3, 0.4) is 0 Å². The zero-order valence-corrected chi connectivity index (χ0v) is 14.8. The lowest BCUT2D eigenvalue weighted by Gasteiger charge is -2.19. The van der Waals surface area contributed by atoms with Crippen LogP contribution in [0.15, 0.2) is 0 Å². The highest BCUT2D eigenvalue weighted by atomic mass is 31.2. The zero-order chi connectivity index (χ0) is 15.2. The summed E-state index contributed by atoms with van der Waals surface area (Å²) in [5.41, 5.74) is 0. The molecule has 1 N–H and O–H groups in total. The number of hydrogen-bond donors (Lipinski definition) is 1. The molecule has 0 aromatic heterocycles. The molecule has 3 unspecified atom stereocenters. The maximum atomic E-state index is 9.81. The summed E-state index contributed by atoms with van der Waals surface area (Å²) in [5.74, 6) is 0.551.